The van der Waals surface area contributed by atoms with Crippen molar-refractivity contribution in [1.82, 2.24) is 4.98 Å². The van der Waals surface area contributed by atoms with Crippen LogP contribution in [-0.2, 0) is 11.0 Å². The van der Waals surface area contributed by atoms with Crippen LogP contribution in [0.3, 0.4) is 0 Å². The summed E-state index contributed by atoms with van der Waals surface area (Å²) in [6.07, 6.45) is -9.62. The molecule has 0 aliphatic carbocycles. The number of allylic oxidation sites excluding steroid dienone is 1. The summed E-state index contributed by atoms with van der Waals surface area (Å²) in [5, 5.41) is 11.3. The van der Waals surface area contributed by atoms with Gasteiger partial charge in [-0.15, -0.1) is 0 Å². The van der Waals surface area contributed by atoms with Crippen LogP contribution < -0.4 is 5.11 Å². The van der Waals surface area contributed by atoms with Gasteiger partial charge in [0, 0.05) is 12.4 Å². The van der Waals surface area contributed by atoms with E-state index in [-0.39, 0.29) is 0 Å². The lowest BCUT2D eigenvalue weighted by molar-refractivity contribution is -0.245. The molecule has 0 spiro atoms. The molecule has 0 radical (unpaired) electrons. The fraction of sp³-hybridized carbons (Fsp3) is 0.200. The number of carbonyl (C=O) groups is 1. The Morgan fingerprint density at radius 2 is 1.79 bits per heavy atom. The second-order valence-electron chi connectivity index (χ2n) is 3.29. The third-order valence-electron chi connectivity index (χ3n) is 1.93. The maximum Gasteiger partial charge on any atom is 0.454 e. The lowest BCUT2D eigenvalue weighted by Crippen LogP contribution is -2.22. The van der Waals surface area contributed by atoms with E-state index in [9.17, 15) is 36.2 Å². The topological polar surface area (TPSA) is 53.0 Å². The number of rotatable bonds is 2. The molecule has 3 nitrogen and oxygen atoms in total. The zero-order valence-electron chi connectivity index (χ0n) is 8.84. The number of nitrogens with zero attached hydrogens (tertiary/aromatic N) is 1. The van der Waals surface area contributed by atoms with Gasteiger partial charge in [0.15, 0.2) is 0 Å². The zero-order chi connectivity index (χ0) is 14.8. The van der Waals surface area contributed by atoms with E-state index in [0.717, 1.165) is 6.20 Å². The van der Waals surface area contributed by atoms with Gasteiger partial charge in [0.25, 0.3) is 5.78 Å². The quantitative estimate of drug-likeness (QED) is 0.474. The van der Waals surface area contributed by atoms with Crippen molar-refractivity contribution in [2.45, 2.75) is 12.4 Å². The van der Waals surface area contributed by atoms with Gasteiger partial charge in [-0.1, -0.05) is 5.76 Å². The highest BCUT2D eigenvalue weighted by molar-refractivity contribution is 5.99. The molecular weight excluding hydrogens is 280 g/mol. The van der Waals surface area contributed by atoms with Crippen molar-refractivity contribution in [3.8, 4) is 0 Å². The van der Waals surface area contributed by atoms with E-state index >= 15 is 0 Å². The molecule has 0 atom stereocenters. The normalized spacial score (nSPS) is 13.5. The summed E-state index contributed by atoms with van der Waals surface area (Å²) in [5.41, 5.74) is -2.58. The number of hydrogen-bond donors (Lipinski definition) is 0. The summed E-state index contributed by atoms with van der Waals surface area (Å²) < 4.78 is 73.1. The number of ketones is 1. The average molecular weight is 284 g/mol. The minimum Gasteiger partial charge on any atom is -0.872 e. The molecule has 0 unspecified atom stereocenters. The van der Waals surface area contributed by atoms with Crippen LogP contribution in [-0.4, -0.2) is 16.9 Å². The Bertz CT molecular complexity index is 517. The van der Waals surface area contributed by atoms with Crippen molar-refractivity contribution in [1.29, 1.82) is 0 Å². The van der Waals surface area contributed by atoms with Gasteiger partial charge in [-0.25, -0.2) is 0 Å². The van der Waals surface area contributed by atoms with Crippen LogP contribution in [0.5, 0.6) is 0 Å². The lowest BCUT2D eigenvalue weighted by atomic mass is 10.1. The molecular formula is C10H4F6NO2-. The van der Waals surface area contributed by atoms with Crippen LogP contribution in [0.2, 0.25) is 0 Å². The highest BCUT2D eigenvalue weighted by Crippen LogP contribution is 2.33. The van der Waals surface area contributed by atoms with Crippen LogP contribution >= 0.6 is 0 Å². The van der Waals surface area contributed by atoms with Gasteiger partial charge < -0.3 is 5.11 Å². The molecule has 1 rings (SSSR count). The molecule has 0 aliphatic rings. The van der Waals surface area contributed by atoms with Crippen LogP contribution in [0.15, 0.2) is 24.5 Å². The Labute approximate surface area is 102 Å². The molecule has 0 saturated carbocycles. The van der Waals surface area contributed by atoms with Gasteiger partial charge in [-0.2, -0.15) is 26.3 Å². The van der Waals surface area contributed by atoms with Gasteiger partial charge in [0.2, 0.25) is 0 Å². The summed E-state index contributed by atoms with van der Waals surface area (Å²) in [5.74, 6) is -4.21. The fourth-order valence-corrected chi connectivity index (χ4v) is 1.11. The first-order valence-corrected chi connectivity index (χ1v) is 4.55. The van der Waals surface area contributed by atoms with Crippen molar-refractivity contribution in [2.24, 2.45) is 0 Å². The maximum atomic E-state index is 12.5. The van der Waals surface area contributed by atoms with Crippen LogP contribution in [0, 0.1) is 0 Å². The highest BCUT2D eigenvalue weighted by Gasteiger charge is 2.37. The molecule has 1 heterocycles. The van der Waals surface area contributed by atoms with E-state index in [1.807, 2.05) is 0 Å². The Morgan fingerprint density at radius 3 is 2.26 bits per heavy atom. The van der Waals surface area contributed by atoms with Crippen LogP contribution in [0.4, 0.5) is 26.3 Å². The Balaban J connectivity index is 3.25. The third-order valence-corrected chi connectivity index (χ3v) is 1.93. The predicted octanol–water partition coefficient (Wildman–Crippen LogP) is 1.93. The molecule has 0 amide bonds. The molecule has 0 aromatic carbocycles. The summed E-state index contributed by atoms with van der Waals surface area (Å²) in [7, 11) is 0. The number of hydrogen-bond acceptors (Lipinski definition) is 3. The summed E-state index contributed by atoms with van der Waals surface area (Å²) in [4.78, 5) is 13.6. The number of carbonyl (C=O) groups excluding carboxylic acids is 1. The van der Waals surface area contributed by atoms with E-state index in [1.54, 1.807) is 0 Å². The molecule has 0 aliphatic heterocycles. The second kappa shape index (κ2) is 4.90. The van der Waals surface area contributed by atoms with E-state index in [1.165, 1.54) is 0 Å². The van der Waals surface area contributed by atoms with E-state index in [0.29, 0.717) is 12.3 Å². The first-order chi connectivity index (χ1) is 8.53. The largest absolute Gasteiger partial charge is 0.872 e. The summed E-state index contributed by atoms with van der Waals surface area (Å²) >= 11 is 0. The van der Waals surface area contributed by atoms with Gasteiger partial charge in [-0.3, -0.25) is 9.78 Å². The highest BCUT2D eigenvalue weighted by atomic mass is 19.4. The third kappa shape index (κ3) is 3.70. The standard InChI is InChI=1S/C10H5F6NO2/c11-9(12,13)6-4-17-2-1-5(6)7(18)3-8(19)10(14,15)16/h1-4,18H/p-1/b7-3-. The fourth-order valence-electron chi connectivity index (χ4n) is 1.11. The summed E-state index contributed by atoms with van der Waals surface area (Å²) in [6, 6.07) is 0.589. The van der Waals surface area contributed by atoms with Gasteiger partial charge >= 0.3 is 12.4 Å². The van der Waals surface area contributed by atoms with Gasteiger partial charge in [-0.05, 0) is 17.7 Å². The molecule has 1 aromatic rings. The van der Waals surface area contributed by atoms with Crippen molar-refractivity contribution in [3.63, 3.8) is 0 Å². The average Bonchev–Trinajstić information content (AvgIpc) is 2.26. The van der Waals surface area contributed by atoms with E-state index in [4.69, 9.17) is 0 Å². The van der Waals surface area contributed by atoms with E-state index < -0.39 is 41.1 Å². The second-order valence-corrected chi connectivity index (χ2v) is 3.29. The molecule has 0 bridgehead atoms. The van der Waals surface area contributed by atoms with Crippen LogP contribution in [0.1, 0.15) is 11.1 Å². The molecule has 0 fully saturated rings. The summed E-state index contributed by atoms with van der Waals surface area (Å²) in [6.45, 7) is 0. The first-order valence-electron chi connectivity index (χ1n) is 4.55. The minimum absolute atomic E-state index is 0.291. The molecule has 19 heavy (non-hydrogen) atoms. The van der Waals surface area contributed by atoms with E-state index in [2.05, 4.69) is 4.98 Å². The number of alkyl halides is 6. The Morgan fingerprint density at radius 1 is 1.21 bits per heavy atom. The molecule has 1 aromatic heterocycles. The molecule has 0 N–H and O–H groups in total. The molecule has 0 saturated heterocycles. The van der Waals surface area contributed by atoms with Crippen molar-refractivity contribution in [3.05, 3.63) is 35.7 Å². The van der Waals surface area contributed by atoms with Gasteiger partial charge in [0.05, 0.1) is 5.56 Å². The smallest absolute Gasteiger partial charge is 0.454 e. The SMILES string of the molecule is O=C(/C=C(\[O-])c1ccncc1C(F)(F)F)C(F)(F)F. The number of halogens is 6. The van der Waals surface area contributed by atoms with Gasteiger partial charge in [0.1, 0.15) is 0 Å². The minimum atomic E-state index is -5.32. The van der Waals surface area contributed by atoms with Crippen LogP contribution in [0.25, 0.3) is 5.76 Å². The molecule has 9 heteroatoms. The Hall–Kier alpha value is -2.06. The maximum absolute atomic E-state index is 12.5. The van der Waals surface area contributed by atoms with Crippen molar-refractivity contribution >= 4 is 11.5 Å². The predicted molar refractivity (Wildman–Crippen MR) is 48.3 cm³/mol. The van der Waals surface area contributed by atoms with Crippen molar-refractivity contribution < 1.29 is 36.2 Å². The number of aromatic nitrogens is 1. The Kier molecular flexibility index (Phi) is 3.87. The first kappa shape index (κ1) is 15.0. The number of pyridine rings is 1. The van der Waals surface area contributed by atoms with Crippen molar-refractivity contribution in [2.75, 3.05) is 0 Å². The zero-order valence-corrected chi connectivity index (χ0v) is 8.84. The molecule has 104 valence electrons. The monoisotopic (exact) mass is 284 g/mol. The lowest BCUT2D eigenvalue weighted by Gasteiger charge is -2.18.